The van der Waals surface area contributed by atoms with E-state index in [9.17, 15) is 22.4 Å². The highest BCUT2D eigenvalue weighted by Crippen LogP contribution is 2.35. The Kier molecular flexibility index (Phi) is 10.4. The van der Waals surface area contributed by atoms with Gasteiger partial charge in [-0.3, -0.25) is 10.4 Å². The first kappa shape index (κ1) is 32.8. The number of nitrogens with one attached hydrogen (secondary N) is 3. The fourth-order valence-corrected chi connectivity index (χ4v) is 3.56. The molecular formula is C26H25F5N8O5. The predicted octanol–water partition coefficient (Wildman–Crippen LogP) is 3.15. The van der Waals surface area contributed by atoms with Crippen molar-refractivity contribution in [3.8, 4) is 17.3 Å². The number of rotatable bonds is 10. The van der Waals surface area contributed by atoms with Crippen LogP contribution in [0.15, 0.2) is 59.4 Å². The molecule has 0 saturated heterocycles. The van der Waals surface area contributed by atoms with Gasteiger partial charge in [-0.1, -0.05) is 6.07 Å². The lowest BCUT2D eigenvalue weighted by Crippen LogP contribution is -2.21. The number of amidine groups is 1. The van der Waals surface area contributed by atoms with Crippen LogP contribution in [-0.4, -0.2) is 63.2 Å². The Hall–Kier alpha value is -5.68. The van der Waals surface area contributed by atoms with E-state index in [0.29, 0.717) is 11.3 Å². The summed E-state index contributed by atoms with van der Waals surface area (Å²) in [5.41, 5.74) is 11.6. The van der Waals surface area contributed by atoms with Crippen molar-refractivity contribution in [2.45, 2.75) is 12.2 Å². The van der Waals surface area contributed by atoms with Crippen molar-refractivity contribution in [1.29, 1.82) is 5.41 Å². The number of carboxylic acids is 1. The molecule has 0 aliphatic carbocycles. The Balaban J connectivity index is 0.000000676. The number of aromatic nitrogens is 4. The molecule has 0 bridgehead atoms. The van der Waals surface area contributed by atoms with Crippen LogP contribution in [0.4, 0.5) is 33.5 Å². The number of alkyl halides is 4. The van der Waals surface area contributed by atoms with Crippen molar-refractivity contribution in [1.82, 2.24) is 19.7 Å². The van der Waals surface area contributed by atoms with E-state index in [4.69, 9.17) is 36.3 Å². The van der Waals surface area contributed by atoms with E-state index in [0.717, 1.165) is 4.68 Å². The van der Waals surface area contributed by atoms with E-state index >= 15 is 4.39 Å². The van der Waals surface area contributed by atoms with Crippen LogP contribution in [0, 0.1) is 11.2 Å². The molecule has 18 heteroatoms. The number of aliphatic carboxylic acids is 1. The third-order valence-corrected chi connectivity index (χ3v) is 5.55. The van der Waals surface area contributed by atoms with Crippen LogP contribution in [0.2, 0.25) is 0 Å². The molecule has 0 aliphatic heterocycles. The van der Waals surface area contributed by atoms with E-state index < -0.39 is 36.4 Å². The first-order valence-electron chi connectivity index (χ1n) is 12.2. The fraction of sp³-hybridized carbons (Fsp3) is 0.192. The number of H-pyrrole nitrogens is 1. The van der Waals surface area contributed by atoms with Crippen LogP contribution >= 0.6 is 0 Å². The second-order valence-electron chi connectivity index (χ2n) is 8.59. The third kappa shape index (κ3) is 8.20. The van der Waals surface area contributed by atoms with Crippen LogP contribution < -0.4 is 31.9 Å². The number of nitrogen functional groups attached to an aromatic ring is 2. The number of aromatic amines is 1. The van der Waals surface area contributed by atoms with Crippen LogP contribution in [0.3, 0.4) is 0 Å². The number of carboxylic acid groups (broad SMARTS) is 1. The highest BCUT2D eigenvalue weighted by atomic mass is 19.4. The number of pyridine rings is 1. The van der Waals surface area contributed by atoms with Gasteiger partial charge in [0.05, 0.1) is 7.11 Å². The molecule has 4 aromatic rings. The second-order valence-corrected chi connectivity index (χ2v) is 8.59. The lowest BCUT2D eigenvalue weighted by Gasteiger charge is -2.21. The standard InChI is InChI=1S/C24H24F2N8O3.C2HF3O2/c1-36-15-11-16(20(26)17(12-15)37-10-9-25)21(30-14-7-5-13(6-8-14)22(28)29)23-32-24(35)34(33-23)19-4-2-3-18(27)31-19;3-2(4,5)1(6)7/h2-8,11-12,21,30H,9-10H2,1H3,(H2,27,31)(H3,28,29)(H,32,33,35);(H,6,7). The number of methoxy groups -OCH3 is 1. The molecule has 44 heavy (non-hydrogen) atoms. The van der Waals surface area contributed by atoms with Crippen molar-refractivity contribution >= 4 is 23.3 Å². The van der Waals surface area contributed by atoms with Crippen molar-refractivity contribution in [2.75, 3.05) is 31.4 Å². The van der Waals surface area contributed by atoms with Gasteiger partial charge in [0.1, 0.15) is 36.7 Å². The number of carbonyl (C=O) groups is 1. The number of halogens is 5. The number of hydrogen-bond donors (Lipinski definition) is 6. The van der Waals surface area contributed by atoms with E-state index in [2.05, 4.69) is 20.4 Å². The molecule has 8 N–H and O–H groups in total. The van der Waals surface area contributed by atoms with Crippen LogP contribution in [0.25, 0.3) is 5.82 Å². The summed E-state index contributed by atoms with van der Waals surface area (Å²) in [5, 5.41) is 22.2. The number of anilines is 2. The summed E-state index contributed by atoms with van der Waals surface area (Å²) in [6.07, 6.45) is -5.08. The number of nitrogens with two attached hydrogens (primary N) is 2. The lowest BCUT2D eigenvalue weighted by molar-refractivity contribution is -0.192. The van der Waals surface area contributed by atoms with Gasteiger partial charge in [-0.15, -0.1) is 5.10 Å². The zero-order chi connectivity index (χ0) is 32.6. The van der Waals surface area contributed by atoms with E-state index in [1.807, 2.05) is 0 Å². The summed E-state index contributed by atoms with van der Waals surface area (Å²) in [7, 11) is 1.39. The number of hydrogen-bond acceptors (Lipinski definition) is 9. The topological polar surface area (TPSA) is 207 Å². The first-order chi connectivity index (χ1) is 20.7. The summed E-state index contributed by atoms with van der Waals surface area (Å²) < 4.78 is 71.7. The van der Waals surface area contributed by atoms with Gasteiger partial charge in [-0.25, -0.2) is 23.4 Å². The molecule has 1 atom stereocenters. The van der Waals surface area contributed by atoms with Crippen LogP contribution in [0.1, 0.15) is 23.0 Å². The Bertz CT molecular complexity index is 1670. The molecule has 1 unspecified atom stereocenters. The van der Waals surface area contributed by atoms with Gasteiger partial charge in [0.2, 0.25) is 0 Å². The molecule has 13 nitrogen and oxygen atoms in total. The zero-order valence-electron chi connectivity index (χ0n) is 22.7. The number of ether oxygens (including phenoxy) is 2. The third-order valence-electron chi connectivity index (χ3n) is 5.55. The summed E-state index contributed by atoms with van der Waals surface area (Å²) in [5.74, 6) is -3.29. The normalized spacial score (nSPS) is 11.6. The maximum Gasteiger partial charge on any atom is 0.490 e. The summed E-state index contributed by atoms with van der Waals surface area (Å²) in [6.45, 7) is -1.18. The van der Waals surface area contributed by atoms with Gasteiger partial charge in [-0.05, 0) is 42.5 Å². The summed E-state index contributed by atoms with van der Waals surface area (Å²) in [4.78, 5) is 28.4. The molecule has 2 aromatic heterocycles. The predicted molar refractivity (Wildman–Crippen MR) is 147 cm³/mol. The quantitative estimate of drug-likeness (QED) is 0.0863. The fourth-order valence-electron chi connectivity index (χ4n) is 3.56. The largest absolute Gasteiger partial charge is 0.497 e. The highest BCUT2D eigenvalue weighted by Gasteiger charge is 2.38. The van der Waals surface area contributed by atoms with Gasteiger partial charge in [0.15, 0.2) is 23.2 Å². The zero-order valence-corrected chi connectivity index (χ0v) is 22.7. The van der Waals surface area contributed by atoms with E-state index in [1.165, 1.54) is 19.2 Å². The molecule has 2 heterocycles. The minimum atomic E-state index is -5.08. The van der Waals surface area contributed by atoms with E-state index in [-0.39, 0.29) is 47.0 Å². The summed E-state index contributed by atoms with van der Waals surface area (Å²) >= 11 is 0. The minimum absolute atomic E-state index is 0.00490. The molecule has 2 aromatic carbocycles. The summed E-state index contributed by atoms with van der Waals surface area (Å²) in [6, 6.07) is 12.8. The average Bonchev–Trinajstić information content (AvgIpc) is 3.36. The van der Waals surface area contributed by atoms with Crippen molar-refractivity contribution in [3.63, 3.8) is 0 Å². The van der Waals surface area contributed by atoms with Gasteiger partial charge < -0.3 is 31.4 Å². The molecule has 4 rings (SSSR count). The van der Waals surface area contributed by atoms with Gasteiger partial charge in [0, 0.05) is 22.9 Å². The van der Waals surface area contributed by atoms with Crippen molar-refractivity contribution in [3.05, 3.63) is 87.9 Å². The molecule has 0 spiro atoms. The minimum Gasteiger partial charge on any atom is -0.497 e. The molecule has 0 aliphatic rings. The lowest BCUT2D eigenvalue weighted by atomic mass is 10.0. The monoisotopic (exact) mass is 624 g/mol. The molecule has 234 valence electrons. The van der Waals surface area contributed by atoms with Crippen molar-refractivity contribution in [2.24, 2.45) is 5.73 Å². The van der Waals surface area contributed by atoms with Crippen LogP contribution in [0.5, 0.6) is 11.5 Å². The second kappa shape index (κ2) is 14.0. The highest BCUT2D eigenvalue weighted by molar-refractivity contribution is 5.95. The number of nitrogens with zero attached hydrogens (tertiary/aromatic N) is 3. The van der Waals surface area contributed by atoms with Crippen LogP contribution in [-0.2, 0) is 4.79 Å². The van der Waals surface area contributed by atoms with E-state index in [1.54, 1.807) is 42.5 Å². The Labute approximate surface area is 244 Å². The Morgan fingerprint density at radius 2 is 1.86 bits per heavy atom. The van der Waals surface area contributed by atoms with Gasteiger partial charge >= 0.3 is 17.8 Å². The van der Waals surface area contributed by atoms with Gasteiger partial charge in [-0.2, -0.15) is 17.9 Å². The Morgan fingerprint density at radius 3 is 2.41 bits per heavy atom. The molecule has 0 saturated carbocycles. The maximum atomic E-state index is 15.7. The molecule has 0 amide bonds. The molecular weight excluding hydrogens is 599 g/mol. The van der Waals surface area contributed by atoms with Gasteiger partial charge in [0.25, 0.3) is 0 Å². The SMILES string of the molecule is COc1cc(OCCF)c(F)c(C(Nc2ccc(C(=N)N)cc2)c2nn(-c3cccc(N)n3)c(=O)[nH]2)c1.O=C(O)C(F)(F)F. The smallest absolute Gasteiger partial charge is 0.490 e. The average molecular weight is 625 g/mol. The van der Waals surface area contributed by atoms with Crippen molar-refractivity contribution < 1.29 is 41.3 Å². The maximum absolute atomic E-state index is 15.7. The first-order valence-corrected chi connectivity index (χ1v) is 12.2. The molecule has 0 radical (unpaired) electrons. The molecule has 0 fully saturated rings. The Morgan fingerprint density at radius 1 is 1.20 bits per heavy atom. The number of benzene rings is 2.